The Kier molecular flexibility index (Phi) is 6.21. The third-order valence-corrected chi connectivity index (χ3v) is 12.5. The van der Waals surface area contributed by atoms with Gasteiger partial charge in [-0.05, 0) is 115 Å². The molecule has 0 spiro atoms. The van der Waals surface area contributed by atoms with Crippen LogP contribution in [0, 0.1) is 0 Å². The third-order valence-electron chi connectivity index (χ3n) is 12.5. The minimum absolute atomic E-state index is 0.108. The zero-order valence-corrected chi connectivity index (χ0v) is 30.8. The normalized spacial score (nSPS) is 14.0. The summed E-state index contributed by atoms with van der Waals surface area (Å²) >= 11 is 0. The first-order valence-corrected chi connectivity index (χ1v) is 19.3. The van der Waals surface area contributed by atoms with Crippen molar-refractivity contribution in [2.24, 2.45) is 0 Å². The summed E-state index contributed by atoms with van der Waals surface area (Å²) in [5.41, 5.74) is 15.9. The zero-order valence-electron chi connectivity index (χ0n) is 30.8. The molecule has 2 aliphatic rings. The minimum atomic E-state index is -0.108. The fourth-order valence-corrected chi connectivity index (χ4v) is 10.0. The van der Waals surface area contributed by atoms with Crippen molar-refractivity contribution < 1.29 is 0 Å². The van der Waals surface area contributed by atoms with E-state index < -0.39 is 0 Å². The molecule has 0 fully saturated rings. The van der Waals surface area contributed by atoms with Gasteiger partial charge in [-0.3, -0.25) is 0 Å². The molecule has 2 nitrogen and oxygen atoms in total. The lowest BCUT2D eigenvalue weighted by Crippen LogP contribution is -2.16. The van der Waals surface area contributed by atoms with E-state index in [9.17, 15) is 0 Å². The Labute approximate surface area is 319 Å². The van der Waals surface area contributed by atoms with Crippen LogP contribution in [-0.2, 0) is 11.8 Å². The van der Waals surface area contributed by atoms with E-state index in [-0.39, 0.29) is 5.41 Å². The first kappa shape index (κ1) is 30.7. The predicted octanol–water partition coefficient (Wildman–Crippen LogP) is 13.8. The van der Waals surface area contributed by atoms with E-state index in [1.54, 1.807) is 0 Å². The van der Waals surface area contributed by atoms with Gasteiger partial charge in [0.15, 0.2) is 0 Å². The lowest BCUT2D eigenvalue weighted by Gasteiger charge is -2.26. The van der Waals surface area contributed by atoms with Crippen LogP contribution >= 0.6 is 0 Å². The number of allylic oxidation sites excluding steroid dienone is 1. The SMILES string of the molecule is CC1(C)c2ccccc2-c2cc3c4c(c5c(cc4c21)c1ccccc1n5-c1cc(-c2ccc4ccccc4c2)nc(-c2ccc4ccccc4c2)c1)CC=C3. The molecule has 258 valence electrons. The number of pyridine rings is 1. The lowest BCUT2D eigenvalue weighted by atomic mass is 9.78. The summed E-state index contributed by atoms with van der Waals surface area (Å²) in [5.74, 6) is 0. The van der Waals surface area contributed by atoms with Crippen LogP contribution in [0.2, 0.25) is 0 Å². The van der Waals surface area contributed by atoms with E-state index in [0.29, 0.717) is 0 Å². The van der Waals surface area contributed by atoms with Crippen LogP contribution in [0.3, 0.4) is 0 Å². The number of aromatic nitrogens is 2. The van der Waals surface area contributed by atoms with Crippen molar-refractivity contribution in [1.82, 2.24) is 9.55 Å². The Morgan fingerprint density at radius 1 is 0.545 bits per heavy atom. The molecule has 0 amide bonds. The van der Waals surface area contributed by atoms with Crippen molar-refractivity contribution in [1.29, 1.82) is 0 Å². The Balaban J connectivity index is 1.18. The van der Waals surface area contributed by atoms with Crippen LogP contribution in [0.1, 0.15) is 36.1 Å². The molecule has 0 bridgehead atoms. The average Bonchev–Trinajstić information content (AvgIpc) is 3.69. The fraction of sp³-hybridized carbons (Fsp3) is 0.0755. The Bertz CT molecular complexity index is 3220. The molecule has 0 atom stereocenters. The van der Waals surface area contributed by atoms with Crippen LogP contribution in [0.4, 0.5) is 0 Å². The summed E-state index contributed by atoms with van der Waals surface area (Å²) in [4.78, 5) is 5.43. The molecule has 0 saturated heterocycles. The molecule has 2 heterocycles. The van der Waals surface area contributed by atoms with Gasteiger partial charge in [0.05, 0.1) is 28.1 Å². The first-order valence-electron chi connectivity index (χ1n) is 19.3. The highest BCUT2D eigenvalue weighted by atomic mass is 15.0. The Morgan fingerprint density at radius 2 is 1.18 bits per heavy atom. The van der Waals surface area contributed by atoms with Crippen LogP contribution in [0.5, 0.6) is 0 Å². The third kappa shape index (κ3) is 4.34. The van der Waals surface area contributed by atoms with Gasteiger partial charge in [-0.15, -0.1) is 0 Å². The van der Waals surface area contributed by atoms with E-state index in [1.807, 2.05) is 0 Å². The Hall–Kier alpha value is -6.77. The number of para-hydroxylation sites is 1. The van der Waals surface area contributed by atoms with Crippen molar-refractivity contribution >= 4 is 60.2 Å². The highest BCUT2D eigenvalue weighted by Crippen LogP contribution is 2.54. The molecule has 10 aromatic rings. The highest BCUT2D eigenvalue weighted by Gasteiger charge is 2.38. The zero-order chi connectivity index (χ0) is 36.4. The first-order chi connectivity index (χ1) is 27.0. The van der Waals surface area contributed by atoms with Gasteiger partial charge in [-0.25, -0.2) is 4.98 Å². The van der Waals surface area contributed by atoms with E-state index >= 15 is 0 Å². The van der Waals surface area contributed by atoms with Gasteiger partial charge in [0.25, 0.3) is 0 Å². The molecule has 2 heteroatoms. The van der Waals surface area contributed by atoms with Crippen molar-refractivity contribution in [2.45, 2.75) is 25.7 Å². The van der Waals surface area contributed by atoms with Crippen LogP contribution in [0.25, 0.3) is 99.5 Å². The molecule has 55 heavy (non-hydrogen) atoms. The monoisotopic (exact) mass is 700 g/mol. The topological polar surface area (TPSA) is 17.8 Å². The molecule has 2 aromatic heterocycles. The lowest BCUT2D eigenvalue weighted by molar-refractivity contribution is 0.666. The molecular weight excluding hydrogens is 665 g/mol. The summed E-state index contributed by atoms with van der Waals surface area (Å²) in [6.07, 6.45) is 5.60. The number of hydrogen-bond acceptors (Lipinski definition) is 1. The standard InChI is InChI=1S/C53H36N2/c1-53(2)46-20-9-7-17-40(46)43-28-38-16-11-19-42-50(38)45(51(43)53)31-44-41-18-8-10-21-49(41)55(52(42)44)39-29-47(36-24-22-32-12-3-5-14-34(32)26-36)54-48(30-39)37-25-23-33-13-4-6-15-35(33)27-37/h3-18,20-31H,19H2,1-2H3. The number of nitrogens with zero attached hydrogens (tertiary/aromatic N) is 2. The maximum atomic E-state index is 5.43. The van der Waals surface area contributed by atoms with Crippen molar-refractivity contribution in [3.8, 4) is 39.3 Å². The molecule has 12 rings (SSSR count). The van der Waals surface area contributed by atoms with Gasteiger partial charge in [-0.1, -0.05) is 141 Å². The van der Waals surface area contributed by atoms with E-state index in [0.717, 1.165) is 34.6 Å². The van der Waals surface area contributed by atoms with Crippen molar-refractivity contribution in [2.75, 3.05) is 0 Å². The van der Waals surface area contributed by atoms with Gasteiger partial charge < -0.3 is 4.57 Å². The Morgan fingerprint density at radius 3 is 1.91 bits per heavy atom. The second kappa shape index (κ2) is 11.1. The molecule has 0 unspecified atom stereocenters. The summed E-state index contributed by atoms with van der Waals surface area (Å²) in [5, 5.41) is 10.2. The molecule has 0 radical (unpaired) electrons. The number of benzene rings is 8. The average molecular weight is 701 g/mol. The molecule has 0 N–H and O–H groups in total. The summed E-state index contributed by atoms with van der Waals surface area (Å²) in [6.45, 7) is 4.82. The molecule has 0 saturated carbocycles. The number of fused-ring (bicyclic) bond motifs is 10. The maximum absolute atomic E-state index is 5.43. The van der Waals surface area contributed by atoms with Crippen LogP contribution in [0.15, 0.2) is 164 Å². The molecule has 8 aromatic carbocycles. The van der Waals surface area contributed by atoms with Crippen LogP contribution in [-0.4, -0.2) is 9.55 Å². The molecular formula is C53H36N2. The van der Waals surface area contributed by atoms with Crippen molar-refractivity contribution in [3.63, 3.8) is 0 Å². The highest BCUT2D eigenvalue weighted by molar-refractivity contribution is 6.19. The second-order valence-corrected chi connectivity index (χ2v) is 15.9. The maximum Gasteiger partial charge on any atom is 0.0730 e. The summed E-state index contributed by atoms with van der Waals surface area (Å²) < 4.78 is 2.53. The van der Waals surface area contributed by atoms with Gasteiger partial charge >= 0.3 is 0 Å². The van der Waals surface area contributed by atoms with Gasteiger partial charge in [0, 0.05) is 27.3 Å². The fourth-order valence-electron chi connectivity index (χ4n) is 10.0. The summed E-state index contributed by atoms with van der Waals surface area (Å²) in [7, 11) is 0. The second-order valence-electron chi connectivity index (χ2n) is 15.9. The van der Waals surface area contributed by atoms with Crippen molar-refractivity contribution in [3.05, 3.63) is 186 Å². The summed E-state index contributed by atoms with van der Waals surface area (Å²) in [6, 6.07) is 58.2. The quantitative estimate of drug-likeness (QED) is 0.179. The van der Waals surface area contributed by atoms with Gasteiger partial charge in [0.1, 0.15) is 0 Å². The smallest absolute Gasteiger partial charge is 0.0730 e. The number of rotatable bonds is 3. The van der Waals surface area contributed by atoms with E-state index in [2.05, 4.69) is 188 Å². The van der Waals surface area contributed by atoms with E-state index in [4.69, 9.17) is 4.98 Å². The van der Waals surface area contributed by atoms with E-state index in [1.165, 1.54) is 87.5 Å². The largest absolute Gasteiger partial charge is 0.309 e. The van der Waals surface area contributed by atoms with Gasteiger partial charge in [-0.2, -0.15) is 0 Å². The molecule has 2 aliphatic carbocycles. The minimum Gasteiger partial charge on any atom is -0.309 e. The van der Waals surface area contributed by atoms with Crippen LogP contribution < -0.4 is 0 Å². The van der Waals surface area contributed by atoms with Gasteiger partial charge in [0.2, 0.25) is 0 Å². The molecule has 0 aliphatic heterocycles. The predicted molar refractivity (Wildman–Crippen MR) is 232 cm³/mol. The number of hydrogen-bond donors (Lipinski definition) is 0.